The molecule has 1 saturated heterocycles. The number of benzene rings is 2. The average Bonchev–Trinajstić information content (AvgIpc) is 2.87. The number of hydrogen-bond donors (Lipinski definition) is 5. The molecule has 0 radical (unpaired) electrons. The highest BCUT2D eigenvalue weighted by atomic mass is 35.5. The molecule has 0 aliphatic carbocycles. The van der Waals surface area contributed by atoms with Crippen LogP contribution in [0, 0.1) is 10.8 Å². The van der Waals surface area contributed by atoms with Crippen molar-refractivity contribution in [2.75, 3.05) is 19.8 Å². The standard InChI is InChI=1S/C20H29ClN2O5.C6H6O3S/c1-4-20(18(26)27)15(11-28-10-9-22)23-12(2)19(3,17(24)25)16(20)13-7-5-6-8-14(13)21;7-10(8,9)6-4-2-1-3-5-6/h5-8,12,15-16,23H,4,9-11,22H2,1-3H3,(H,24,25)(H,26,27);1-5H,(H,7,8,9)/t12?,15-,16?,19?,20?;/m1./s1. The van der Waals surface area contributed by atoms with E-state index in [-0.39, 0.29) is 17.9 Å². The van der Waals surface area contributed by atoms with E-state index in [1.165, 1.54) is 12.1 Å². The van der Waals surface area contributed by atoms with Crippen molar-refractivity contribution in [3.05, 3.63) is 65.2 Å². The molecule has 6 N–H and O–H groups in total. The monoisotopic (exact) mass is 570 g/mol. The number of piperidine rings is 1. The number of hydrogen-bond acceptors (Lipinski definition) is 7. The molecular weight excluding hydrogens is 536 g/mol. The van der Waals surface area contributed by atoms with E-state index in [9.17, 15) is 28.2 Å². The Hall–Kier alpha value is -2.54. The lowest BCUT2D eigenvalue weighted by molar-refractivity contribution is -0.174. The quantitative estimate of drug-likeness (QED) is 0.222. The maximum absolute atomic E-state index is 12.7. The first kappa shape index (κ1) is 31.7. The Balaban J connectivity index is 0.000000423. The van der Waals surface area contributed by atoms with Gasteiger partial charge in [-0.25, -0.2) is 0 Å². The van der Waals surface area contributed by atoms with Crippen molar-refractivity contribution in [3.8, 4) is 0 Å². The highest BCUT2D eigenvalue weighted by Crippen LogP contribution is 2.57. The highest BCUT2D eigenvalue weighted by molar-refractivity contribution is 7.85. The SMILES string of the molecule is CCC1(C(=O)O)C(c2ccccc2Cl)C(C)(C(=O)O)C(C)N[C@@H]1COCCN.O=S(=O)(O)c1ccccc1. The molecular formula is C26H35ClN2O8S. The van der Waals surface area contributed by atoms with Crippen molar-refractivity contribution in [3.63, 3.8) is 0 Å². The Morgan fingerprint density at radius 1 is 1.08 bits per heavy atom. The van der Waals surface area contributed by atoms with Gasteiger partial charge in [-0.15, -0.1) is 0 Å². The fourth-order valence-corrected chi connectivity index (χ4v) is 5.92. The molecule has 12 heteroatoms. The van der Waals surface area contributed by atoms with Crippen LogP contribution in [0.1, 0.15) is 38.7 Å². The summed E-state index contributed by atoms with van der Waals surface area (Å²) in [5.41, 5.74) is 3.19. The molecule has 210 valence electrons. The molecule has 0 amide bonds. The molecule has 1 fully saturated rings. The number of aliphatic carboxylic acids is 2. The van der Waals surface area contributed by atoms with E-state index in [1.807, 2.05) is 0 Å². The van der Waals surface area contributed by atoms with E-state index in [0.717, 1.165) is 0 Å². The fraction of sp³-hybridized carbons (Fsp3) is 0.462. The number of carbonyl (C=O) groups is 2. The van der Waals surface area contributed by atoms with Gasteiger partial charge in [0.15, 0.2) is 0 Å². The van der Waals surface area contributed by atoms with Crippen molar-refractivity contribution in [2.45, 2.75) is 50.1 Å². The number of carboxylic acid groups (broad SMARTS) is 2. The Bertz CT molecular complexity index is 1210. The van der Waals surface area contributed by atoms with E-state index < -0.39 is 50.9 Å². The average molecular weight is 571 g/mol. The molecule has 2 aromatic carbocycles. The van der Waals surface area contributed by atoms with Gasteiger partial charge in [-0.1, -0.05) is 54.9 Å². The predicted molar refractivity (Wildman–Crippen MR) is 143 cm³/mol. The molecule has 2 aromatic rings. The summed E-state index contributed by atoms with van der Waals surface area (Å²) in [6.45, 7) is 5.82. The number of carboxylic acids is 2. The van der Waals surface area contributed by atoms with E-state index in [2.05, 4.69) is 5.32 Å². The number of ether oxygens (including phenoxy) is 1. The fourth-order valence-electron chi connectivity index (χ4n) is 5.18. The maximum atomic E-state index is 12.7. The second kappa shape index (κ2) is 13.0. The molecule has 5 atom stereocenters. The Kier molecular flexibility index (Phi) is 10.8. The summed E-state index contributed by atoms with van der Waals surface area (Å²) in [5.74, 6) is -3.01. The van der Waals surface area contributed by atoms with Crippen LogP contribution in [0.5, 0.6) is 0 Å². The lowest BCUT2D eigenvalue weighted by atomic mass is 9.51. The third-order valence-corrected chi connectivity index (χ3v) is 8.55. The zero-order valence-electron chi connectivity index (χ0n) is 21.5. The molecule has 1 heterocycles. The smallest absolute Gasteiger partial charge is 0.311 e. The van der Waals surface area contributed by atoms with Crippen molar-refractivity contribution in [2.24, 2.45) is 16.6 Å². The van der Waals surface area contributed by atoms with Gasteiger partial charge in [0, 0.05) is 29.6 Å². The van der Waals surface area contributed by atoms with Gasteiger partial charge in [-0.05, 0) is 44.0 Å². The minimum Gasteiger partial charge on any atom is -0.481 e. The van der Waals surface area contributed by atoms with Crippen molar-refractivity contribution in [1.82, 2.24) is 5.32 Å². The third-order valence-electron chi connectivity index (χ3n) is 7.34. The summed E-state index contributed by atoms with van der Waals surface area (Å²) in [7, 11) is -4.00. The van der Waals surface area contributed by atoms with Crippen LogP contribution < -0.4 is 11.1 Å². The van der Waals surface area contributed by atoms with Gasteiger partial charge in [0.05, 0.1) is 28.9 Å². The number of nitrogens with one attached hydrogen (secondary N) is 1. The normalized spacial score (nSPS) is 27.2. The predicted octanol–water partition coefficient (Wildman–Crippen LogP) is 3.26. The molecule has 1 aliphatic rings. The van der Waals surface area contributed by atoms with Crippen LogP contribution in [0.3, 0.4) is 0 Å². The molecule has 0 bridgehead atoms. The summed E-state index contributed by atoms with van der Waals surface area (Å²) in [6.07, 6.45) is 0.206. The highest BCUT2D eigenvalue weighted by Gasteiger charge is 2.65. The van der Waals surface area contributed by atoms with Crippen LogP contribution in [0.4, 0.5) is 0 Å². The van der Waals surface area contributed by atoms with Crippen LogP contribution in [0.2, 0.25) is 5.02 Å². The summed E-state index contributed by atoms with van der Waals surface area (Å²) in [6, 6.07) is 13.2. The van der Waals surface area contributed by atoms with Crippen molar-refractivity contribution >= 4 is 33.7 Å². The van der Waals surface area contributed by atoms with Crippen LogP contribution in [-0.2, 0) is 24.4 Å². The minimum atomic E-state index is -4.00. The lowest BCUT2D eigenvalue weighted by Gasteiger charge is -2.56. The molecule has 0 aromatic heterocycles. The molecule has 10 nitrogen and oxygen atoms in total. The molecule has 3 rings (SSSR count). The second-order valence-electron chi connectivity index (χ2n) is 9.33. The van der Waals surface area contributed by atoms with Gasteiger partial charge in [-0.2, -0.15) is 8.42 Å². The molecule has 0 saturated carbocycles. The van der Waals surface area contributed by atoms with Gasteiger partial charge in [0.25, 0.3) is 10.1 Å². The topological polar surface area (TPSA) is 176 Å². The van der Waals surface area contributed by atoms with Gasteiger partial charge < -0.3 is 26.0 Å². The Morgan fingerprint density at radius 3 is 2.11 bits per heavy atom. The zero-order chi connectivity index (χ0) is 28.7. The maximum Gasteiger partial charge on any atom is 0.311 e. The molecule has 0 spiro atoms. The largest absolute Gasteiger partial charge is 0.481 e. The number of nitrogens with two attached hydrogens (primary N) is 1. The van der Waals surface area contributed by atoms with Crippen LogP contribution >= 0.6 is 11.6 Å². The van der Waals surface area contributed by atoms with Gasteiger partial charge >= 0.3 is 11.9 Å². The first-order valence-corrected chi connectivity index (χ1v) is 13.9. The van der Waals surface area contributed by atoms with Crippen LogP contribution in [-0.4, -0.2) is 67.0 Å². The second-order valence-corrected chi connectivity index (χ2v) is 11.2. The van der Waals surface area contributed by atoms with Gasteiger partial charge in [0.2, 0.25) is 0 Å². The molecule has 38 heavy (non-hydrogen) atoms. The van der Waals surface area contributed by atoms with E-state index in [0.29, 0.717) is 23.7 Å². The van der Waals surface area contributed by atoms with Gasteiger partial charge in [-0.3, -0.25) is 14.1 Å². The summed E-state index contributed by atoms with van der Waals surface area (Å²) < 4.78 is 34.8. The Labute approximate surface area is 227 Å². The summed E-state index contributed by atoms with van der Waals surface area (Å²) in [5, 5.41) is 24.1. The lowest BCUT2D eigenvalue weighted by Crippen LogP contribution is -2.70. The minimum absolute atomic E-state index is 0.0741. The third kappa shape index (κ3) is 6.36. The van der Waals surface area contributed by atoms with Gasteiger partial charge in [0.1, 0.15) is 0 Å². The van der Waals surface area contributed by atoms with E-state index >= 15 is 0 Å². The summed E-state index contributed by atoms with van der Waals surface area (Å²) in [4.78, 5) is 25.1. The first-order chi connectivity index (χ1) is 17.8. The number of rotatable bonds is 9. The van der Waals surface area contributed by atoms with Crippen LogP contribution in [0.25, 0.3) is 0 Å². The van der Waals surface area contributed by atoms with Crippen molar-refractivity contribution < 1.29 is 37.5 Å². The van der Waals surface area contributed by atoms with E-state index in [1.54, 1.807) is 63.2 Å². The first-order valence-electron chi connectivity index (χ1n) is 12.1. The zero-order valence-corrected chi connectivity index (χ0v) is 23.1. The van der Waals surface area contributed by atoms with Crippen molar-refractivity contribution in [1.29, 1.82) is 0 Å². The molecule has 1 aliphatic heterocycles. The van der Waals surface area contributed by atoms with Crippen LogP contribution in [0.15, 0.2) is 59.5 Å². The number of halogens is 1. The van der Waals surface area contributed by atoms with E-state index in [4.69, 9.17) is 26.6 Å². The Morgan fingerprint density at radius 2 is 1.66 bits per heavy atom. The summed E-state index contributed by atoms with van der Waals surface area (Å²) >= 11 is 6.45. The molecule has 4 unspecified atom stereocenters.